The van der Waals surface area contributed by atoms with E-state index in [2.05, 4.69) is 6.92 Å². The number of carbonyl (C=O) groups is 2. The van der Waals surface area contributed by atoms with Crippen molar-refractivity contribution in [2.45, 2.75) is 26.7 Å². The molecule has 1 N–H and O–H groups in total. The van der Waals surface area contributed by atoms with Gasteiger partial charge < -0.3 is 19.5 Å². The standard InChI is InChI=1S/C17H25NO5/c1-3-14-5-7-15(8-6-14)23-13-16(20)18(11-12-19)10-9-17(21)22-4-2/h5-8,19H,3-4,9-13H2,1-2H3. The molecule has 23 heavy (non-hydrogen) atoms. The molecule has 0 radical (unpaired) electrons. The number of hydrogen-bond acceptors (Lipinski definition) is 5. The lowest BCUT2D eigenvalue weighted by molar-refractivity contribution is -0.144. The quantitative estimate of drug-likeness (QED) is 0.659. The van der Waals surface area contributed by atoms with Crippen molar-refractivity contribution < 1.29 is 24.2 Å². The van der Waals surface area contributed by atoms with Gasteiger partial charge in [-0.15, -0.1) is 0 Å². The van der Waals surface area contributed by atoms with E-state index in [1.807, 2.05) is 24.3 Å². The molecule has 0 fully saturated rings. The van der Waals surface area contributed by atoms with Crippen molar-refractivity contribution in [2.75, 3.05) is 32.9 Å². The van der Waals surface area contributed by atoms with Crippen LogP contribution in [-0.4, -0.2) is 54.8 Å². The summed E-state index contributed by atoms with van der Waals surface area (Å²) in [6.07, 6.45) is 1.04. The Morgan fingerprint density at radius 1 is 1.13 bits per heavy atom. The van der Waals surface area contributed by atoms with E-state index >= 15 is 0 Å². The smallest absolute Gasteiger partial charge is 0.307 e. The molecule has 0 saturated carbocycles. The van der Waals surface area contributed by atoms with Crippen molar-refractivity contribution in [3.63, 3.8) is 0 Å². The predicted molar refractivity (Wildman–Crippen MR) is 86.2 cm³/mol. The Bertz CT molecular complexity index is 486. The van der Waals surface area contributed by atoms with E-state index in [4.69, 9.17) is 14.6 Å². The number of aliphatic hydroxyl groups excluding tert-OH is 1. The molecule has 0 aliphatic carbocycles. The largest absolute Gasteiger partial charge is 0.484 e. The third-order valence-electron chi connectivity index (χ3n) is 3.31. The first-order valence-electron chi connectivity index (χ1n) is 7.86. The number of aryl methyl sites for hydroxylation is 1. The maximum atomic E-state index is 12.1. The molecule has 0 saturated heterocycles. The summed E-state index contributed by atoms with van der Waals surface area (Å²) in [6, 6.07) is 7.54. The van der Waals surface area contributed by atoms with Gasteiger partial charge in [-0.1, -0.05) is 19.1 Å². The Labute approximate surface area is 137 Å². The maximum absolute atomic E-state index is 12.1. The fraction of sp³-hybridized carbons (Fsp3) is 0.529. The molecule has 0 aromatic heterocycles. The Balaban J connectivity index is 2.47. The second-order valence-electron chi connectivity index (χ2n) is 4.95. The third kappa shape index (κ3) is 7.15. The van der Waals surface area contributed by atoms with Crippen LogP contribution in [0.3, 0.4) is 0 Å². The van der Waals surface area contributed by atoms with Crippen molar-refractivity contribution in [1.29, 1.82) is 0 Å². The van der Waals surface area contributed by atoms with Gasteiger partial charge in [0.15, 0.2) is 6.61 Å². The third-order valence-corrected chi connectivity index (χ3v) is 3.31. The Hall–Kier alpha value is -2.08. The molecular weight excluding hydrogens is 298 g/mol. The van der Waals surface area contributed by atoms with Crippen LogP contribution in [0.2, 0.25) is 0 Å². The first-order chi connectivity index (χ1) is 11.1. The van der Waals surface area contributed by atoms with Gasteiger partial charge in [0.1, 0.15) is 5.75 Å². The molecule has 0 atom stereocenters. The molecule has 6 heteroatoms. The summed E-state index contributed by atoms with van der Waals surface area (Å²) in [4.78, 5) is 24.9. The van der Waals surface area contributed by atoms with Crippen molar-refractivity contribution in [2.24, 2.45) is 0 Å². The van der Waals surface area contributed by atoms with E-state index in [9.17, 15) is 9.59 Å². The van der Waals surface area contributed by atoms with Crippen LogP contribution < -0.4 is 4.74 Å². The fourth-order valence-corrected chi connectivity index (χ4v) is 2.00. The van der Waals surface area contributed by atoms with Crippen LogP contribution in [0.25, 0.3) is 0 Å². The number of rotatable bonds is 10. The normalized spacial score (nSPS) is 10.2. The molecule has 1 rings (SSSR count). The summed E-state index contributed by atoms with van der Waals surface area (Å²) in [5, 5.41) is 9.05. The number of carbonyl (C=O) groups excluding carboxylic acids is 2. The zero-order valence-electron chi connectivity index (χ0n) is 13.8. The molecule has 1 amide bonds. The summed E-state index contributed by atoms with van der Waals surface area (Å²) < 4.78 is 10.3. The van der Waals surface area contributed by atoms with Gasteiger partial charge in [0, 0.05) is 13.1 Å². The molecule has 0 heterocycles. The van der Waals surface area contributed by atoms with Crippen LogP contribution in [-0.2, 0) is 20.7 Å². The zero-order valence-corrected chi connectivity index (χ0v) is 13.8. The number of aliphatic hydroxyl groups is 1. The molecule has 0 unspecified atom stereocenters. The summed E-state index contributed by atoms with van der Waals surface area (Å²) in [7, 11) is 0. The average molecular weight is 323 g/mol. The number of amides is 1. The van der Waals surface area contributed by atoms with Crippen LogP contribution in [0.4, 0.5) is 0 Å². The fourth-order valence-electron chi connectivity index (χ4n) is 2.00. The summed E-state index contributed by atoms with van der Waals surface area (Å²) >= 11 is 0. The van der Waals surface area contributed by atoms with E-state index in [-0.39, 0.29) is 44.6 Å². The number of nitrogens with zero attached hydrogens (tertiary/aromatic N) is 1. The number of esters is 1. The maximum Gasteiger partial charge on any atom is 0.307 e. The lowest BCUT2D eigenvalue weighted by atomic mass is 10.2. The highest BCUT2D eigenvalue weighted by Crippen LogP contribution is 2.12. The second-order valence-corrected chi connectivity index (χ2v) is 4.95. The van der Waals surface area contributed by atoms with Gasteiger partial charge in [-0.25, -0.2) is 0 Å². The van der Waals surface area contributed by atoms with Gasteiger partial charge in [0.25, 0.3) is 5.91 Å². The van der Waals surface area contributed by atoms with E-state index < -0.39 is 0 Å². The van der Waals surface area contributed by atoms with E-state index in [0.717, 1.165) is 6.42 Å². The minimum Gasteiger partial charge on any atom is -0.484 e. The van der Waals surface area contributed by atoms with Gasteiger partial charge in [0.2, 0.25) is 0 Å². The second kappa shape index (κ2) is 10.6. The van der Waals surface area contributed by atoms with E-state index in [0.29, 0.717) is 12.4 Å². The molecule has 0 spiro atoms. The van der Waals surface area contributed by atoms with Gasteiger partial charge in [0.05, 0.1) is 19.6 Å². The number of benzene rings is 1. The van der Waals surface area contributed by atoms with Crippen molar-refractivity contribution in [1.82, 2.24) is 4.90 Å². The van der Waals surface area contributed by atoms with Gasteiger partial charge in [-0.05, 0) is 31.0 Å². The summed E-state index contributed by atoms with van der Waals surface area (Å²) in [6.45, 7) is 4.17. The van der Waals surface area contributed by atoms with Crippen molar-refractivity contribution >= 4 is 11.9 Å². The molecular formula is C17H25NO5. The average Bonchev–Trinajstić information content (AvgIpc) is 2.57. The minimum atomic E-state index is -0.362. The number of ether oxygens (including phenoxy) is 2. The minimum absolute atomic E-state index is 0.102. The molecule has 0 aliphatic heterocycles. The molecule has 128 valence electrons. The lowest BCUT2D eigenvalue weighted by Gasteiger charge is -2.21. The molecule has 1 aromatic carbocycles. The zero-order chi connectivity index (χ0) is 17.1. The van der Waals surface area contributed by atoms with E-state index in [1.54, 1.807) is 6.92 Å². The molecule has 0 aliphatic rings. The molecule has 6 nitrogen and oxygen atoms in total. The highest BCUT2D eigenvalue weighted by atomic mass is 16.5. The van der Waals surface area contributed by atoms with Crippen molar-refractivity contribution in [3.05, 3.63) is 29.8 Å². The van der Waals surface area contributed by atoms with Crippen molar-refractivity contribution in [3.8, 4) is 5.75 Å². The number of hydrogen-bond donors (Lipinski definition) is 1. The van der Waals surface area contributed by atoms with Crippen LogP contribution in [0.5, 0.6) is 5.75 Å². The van der Waals surface area contributed by atoms with E-state index in [1.165, 1.54) is 10.5 Å². The lowest BCUT2D eigenvalue weighted by Crippen LogP contribution is -2.38. The Morgan fingerprint density at radius 2 is 1.83 bits per heavy atom. The van der Waals surface area contributed by atoms with Crippen LogP contribution >= 0.6 is 0 Å². The van der Waals surface area contributed by atoms with Crippen LogP contribution in [0, 0.1) is 0 Å². The first kappa shape index (κ1) is 19.0. The SMILES string of the molecule is CCOC(=O)CCN(CCO)C(=O)COc1ccc(CC)cc1. The summed E-state index contributed by atoms with van der Waals surface area (Å²) in [5.74, 6) is -0.0212. The topological polar surface area (TPSA) is 76.1 Å². The van der Waals surface area contributed by atoms with Crippen LogP contribution in [0.15, 0.2) is 24.3 Å². The summed E-state index contributed by atoms with van der Waals surface area (Å²) in [5.41, 5.74) is 1.19. The van der Waals surface area contributed by atoms with Crippen LogP contribution in [0.1, 0.15) is 25.8 Å². The van der Waals surface area contributed by atoms with Gasteiger partial charge in [-0.3, -0.25) is 9.59 Å². The highest BCUT2D eigenvalue weighted by Gasteiger charge is 2.15. The monoisotopic (exact) mass is 323 g/mol. The van der Waals surface area contributed by atoms with Gasteiger partial charge in [-0.2, -0.15) is 0 Å². The molecule has 0 bridgehead atoms. The predicted octanol–water partition coefficient (Wildman–Crippen LogP) is 1.40. The molecule has 1 aromatic rings. The Kier molecular flexibility index (Phi) is 8.75. The first-order valence-corrected chi connectivity index (χ1v) is 7.86. The highest BCUT2D eigenvalue weighted by molar-refractivity contribution is 5.78. The Morgan fingerprint density at radius 3 is 2.39 bits per heavy atom. The van der Waals surface area contributed by atoms with Gasteiger partial charge >= 0.3 is 5.97 Å².